The van der Waals surface area contributed by atoms with Crippen LogP contribution in [0.1, 0.15) is 50.1 Å². The van der Waals surface area contributed by atoms with E-state index >= 15 is 0 Å². The van der Waals surface area contributed by atoms with Gasteiger partial charge in [0.05, 0.1) is 6.04 Å². The number of carbonyl (C=O) groups excluding carboxylic acids is 1. The summed E-state index contributed by atoms with van der Waals surface area (Å²) in [6.45, 7) is 2.24. The average molecular weight is 250 g/mol. The summed E-state index contributed by atoms with van der Waals surface area (Å²) < 4.78 is 0. The summed E-state index contributed by atoms with van der Waals surface area (Å²) in [7, 11) is 0. The van der Waals surface area contributed by atoms with Gasteiger partial charge in [-0.2, -0.15) is 0 Å². The first-order valence-electron chi connectivity index (χ1n) is 6.44. The number of piperidine rings is 2. The molecule has 2 aliphatic heterocycles. The van der Waals surface area contributed by atoms with Gasteiger partial charge in [-0.25, -0.2) is 4.98 Å². The van der Waals surface area contributed by atoms with Crippen molar-refractivity contribution in [2.24, 2.45) is 0 Å². The van der Waals surface area contributed by atoms with Crippen LogP contribution in [-0.2, 0) is 4.79 Å². The molecule has 0 amide bonds. The molecule has 4 heteroatoms. The highest BCUT2D eigenvalue weighted by Crippen LogP contribution is 2.38. The minimum atomic E-state index is 0.374. The van der Waals surface area contributed by atoms with Gasteiger partial charge in [0, 0.05) is 36.5 Å². The van der Waals surface area contributed by atoms with E-state index in [-0.39, 0.29) is 0 Å². The molecule has 2 aliphatic rings. The molecule has 2 fully saturated rings. The lowest BCUT2D eigenvalue weighted by Crippen LogP contribution is -2.53. The molecule has 1 aromatic heterocycles. The quantitative estimate of drug-likeness (QED) is 0.809. The van der Waals surface area contributed by atoms with E-state index in [2.05, 4.69) is 16.8 Å². The van der Waals surface area contributed by atoms with Crippen molar-refractivity contribution in [1.29, 1.82) is 0 Å². The van der Waals surface area contributed by atoms with E-state index in [1.54, 1.807) is 11.3 Å². The first-order chi connectivity index (χ1) is 8.25. The van der Waals surface area contributed by atoms with Gasteiger partial charge in [0.1, 0.15) is 10.8 Å². The molecule has 92 valence electrons. The van der Waals surface area contributed by atoms with Crippen LogP contribution in [0.2, 0.25) is 0 Å². The Hall–Kier alpha value is -0.740. The van der Waals surface area contributed by atoms with Gasteiger partial charge in [-0.15, -0.1) is 11.3 Å². The fourth-order valence-electron chi connectivity index (χ4n) is 3.41. The second-order valence-corrected chi connectivity index (χ2v) is 6.11. The lowest BCUT2D eigenvalue weighted by atomic mass is 9.83. The van der Waals surface area contributed by atoms with Crippen LogP contribution in [-0.4, -0.2) is 27.8 Å². The first-order valence-corrected chi connectivity index (χ1v) is 7.32. The highest BCUT2D eigenvalue weighted by atomic mass is 32.1. The molecule has 2 bridgehead atoms. The minimum absolute atomic E-state index is 0.374. The Labute approximate surface area is 106 Å². The Bertz CT molecular complexity index is 388. The van der Waals surface area contributed by atoms with Crippen molar-refractivity contribution < 1.29 is 4.79 Å². The third-order valence-electron chi connectivity index (χ3n) is 4.10. The molecule has 3 atom stereocenters. The predicted octanol–water partition coefficient (Wildman–Crippen LogP) is 2.79. The maximum atomic E-state index is 11.7. The van der Waals surface area contributed by atoms with E-state index in [9.17, 15) is 4.79 Å². The molecule has 3 unspecified atom stereocenters. The van der Waals surface area contributed by atoms with E-state index in [4.69, 9.17) is 0 Å². The number of Topliss-reactive ketones (excluding diaryl/α,β-unsaturated/α-hetero) is 1. The van der Waals surface area contributed by atoms with Crippen molar-refractivity contribution in [3.05, 3.63) is 16.6 Å². The van der Waals surface area contributed by atoms with Gasteiger partial charge in [0.15, 0.2) is 0 Å². The summed E-state index contributed by atoms with van der Waals surface area (Å²) in [6, 6.07) is 1.31. The zero-order valence-corrected chi connectivity index (χ0v) is 10.9. The van der Waals surface area contributed by atoms with Crippen molar-refractivity contribution in [2.45, 2.75) is 57.2 Å². The largest absolute Gasteiger partial charge is 0.300 e. The third kappa shape index (κ3) is 2.04. The fourth-order valence-corrected chi connectivity index (χ4v) is 4.11. The zero-order chi connectivity index (χ0) is 11.8. The number of carbonyl (C=O) groups is 1. The molecule has 3 nitrogen and oxygen atoms in total. The van der Waals surface area contributed by atoms with Crippen LogP contribution in [0.4, 0.5) is 0 Å². The molecule has 0 saturated carbocycles. The average Bonchev–Trinajstić information content (AvgIpc) is 2.80. The summed E-state index contributed by atoms with van der Waals surface area (Å²) in [5, 5.41) is 3.23. The van der Waals surface area contributed by atoms with E-state index in [0.717, 1.165) is 12.8 Å². The molecule has 2 saturated heterocycles. The summed E-state index contributed by atoms with van der Waals surface area (Å²) in [6.07, 6.45) is 7.03. The molecule has 3 rings (SSSR count). The Kier molecular flexibility index (Phi) is 3.01. The van der Waals surface area contributed by atoms with Crippen LogP contribution >= 0.6 is 11.3 Å². The fraction of sp³-hybridized carbons (Fsp3) is 0.692. The molecule has 3 heterocycles. The lowest BCUT2D eigenvalue weighted by Gasteiger charge is -2.48. The van der Waals surface area contributed by atoms with E-state index in [0.29, 0.717) is 23.9 Å². The van der Waals surface area contributed by atoms with Crippen LogP contribution in [0.3, 0.4) is 0 Å². The zero-order valence-electron chi connectivity index (χ0n) is 10.1. The van der Waals surface area contributed by atoms with Crippen molar-refractivity contribution in [1.82, 2.24) is 9.88 Å². The van der Waals surface area contributed by atoms with Crippen molar-refractivity contribution in [3.8, 4) is 0 Å². The Balaban J connectivity index is 1.84. The Morgan fingerprint density at radius 2 is 2.12 bits per heavy atom. The third-order valence-corrected chi connectivity index (χ3v) is 5.05. The van der Waals surface area contributed by atoms with Gasteiger partial charge in [-0.3, -0.25) is 9.69 Å². The van der Waals surface area contributed by atoms with Gasteiger partial charge >= 0.3 is 0 Å². The van der Waals surface area contributed by atoms with Gasteiger partial charge in [-0.1, -0.05) is 6.42 Å². The topological polar surface area (TPSA) is 33.2 Å². The molecule has 0 N–H and O–H groups in total. The van der Waals surface area contributed by atoms with Crippen LogP contribution in [0.25, 0.3) is 0 Å². The van der Waals surface area contributed by atoms with Gasteiger partial charge in [-0.05, 0) is 19.8 Å². The highest BCUT2D eigenvalue weighted by molar-refractivity contribution is 7.09. The van der Waals surface area contributed by atoms with Crippen LogP contribution < -0.4 is 0 Å². The monoisotopic (exact) mass is 250 g/mol. The van der Waals surface area contributed by atoms with E-state index in [1.807, 2.05) is 11.6 Å². The van der Waals surface area contributed by atoms with Crippen molar-refractivity contribution in [2.75, 3.05) is 0 Å². The maximum Gasteiger partial charge on any atom is 0.136 e. The molecule has 0 spiro atoms. The summed E-state index contributed by atoms with van der Waals surface area (Å²) in [4.78, 5) is 18.7. The Morgan fingerprint density at radius 3 is 2.71 bits per heavy atom. The van der Waals surface area contributed by atoms with Gasteiger partial charge in [0.2, 0.25) is 0 Å². The summed E-state index contributed by atoms with van der Waals surface area (Å²) in [5.41, 5.74) is 0. The number of fused-ring (bicyclic) bond motifs is 2. The number of thiazole rings is 1. The number of ketones is 1. The Morgan fingerprint density at radius 1 is 1.41 bits per heavy atom. The summed E-state index contributed by atoms with van der Waals surface area (Å²) in [5.74, 6) is 0.460. The standard InChI is InChI=1S/C13H18N2OS/c1-9(13-14-5-6-17-13)15-10-3-2-4-11(15)8-12(16)7-10/h5-6,9-11H,2-4,7-8H2,1H3. The normalized spacial score (nSPS) is 31.5. The number of hydrogen-bond donors (Lipinski definition) is 0. The van der Waals surface area contributed by atoms with Crippen LogP contribution in [0.15, 0.2) is 11.6 Å². The second kappa shape index (κ2) is 4.50. The summed E-state index contributed by atoms with van der Waals surface area (Å²) >= 11 is 1.73. The molecule has 0 radical (unpaired) electrons. The molecule has 0 aliphatic carbocycles. The molecule has 0 aromatic carbocycles. The van der Waals surface area contributed by atoms with Crippen LogP contribution in [0, 0.1) is 0 Å². The first kappa shape index (κ1) is 11.4. The molecular weight excluding hydrogens is 232 g/mol. The van der Waals surface area contributed by atoms with Crippen LogP contribution in [0.5, 0.6) is 0 Å². The second-order valence-electron chi connectivity index (χ2n) is 5.18. The maximum absolute atomic E-state index is 11.7. The van der Waals surface area contributed by atoms with Crippen molar-refractivity contribution in [3.63, 3.8) is 0 Å². The number of nitrogens with zero attached hydrogens (tertiary/aromatic N) is 2. The molecule has 17 heavy (non-hydrogen) atoms. The minimum Gasteiger partial charge on any atom is -0.300 e. The number of hydrogen-bond acceptors (Lipinski definition) is 4. The van der Waals surface area contributed by atoms with E-state index < -0.39 is 0 Å². The smallest absolute Gasteiger partial charge is 0.136 e. The van der Waals surface area contributed by atoms with E-state index in [1.165, 1.54) is 24.3 Å². The molecule has 1 aromatic rings. The van der Waals surface area contributed by atoms with Gasteiger partial charge in [0.25, 0.3) is 0 Å². The molecular formula is C13H18N2OS. The predicted molar refractivity (Wildman–Crippen MR) is 68.0 cm³/mol. The highest BCUT2D eigenvalue weighted by Gasteiger charge is 2.40. The number of rotatable bonds is 2. The number of aromatic nitrogens is 1. The SMILES string of the molecule is CC(c1nccs1)N1C2CCCC1CC(=O)C2. The lowest BCUT2D eigenvalue weighted by molar-refractivity contribution is -0.128. The van der Waals surface area contributed by atoms with Crippen molar-refractivity contribution >= 4 is 17.1 Å². The van der Waals surface area contributed by atoms with Gasteiger partial charge < -0.3 is 0 Å².